The van der Waals surface area contributed by atoms with Gasteiger partial charge in [0.25, 0.3) is 0 Å². The quantitative estimate of drug-likeness (QED) is 0.0729. The maximum Gasteiger partial charge on any atom is 0.224 e. The van der Waals surface area contributed by atoms with Crippen molar-refractivity contribution in [2.24, 2.45) is 0 Å². The molecule has 1 aliphatic heterocycles. The van der Waals surface area contributed by atoms with E-state index in [-0.39, 0.29) is 30.6 Å². The summed E-state index contributed by atoms with van der Waals surface area (Å²) < 4.78 is 13.0. The number of para-hydroxylation sites is 2. The Labute approximate surface area is 289 Å². The molecule has 1 aliphatic rings. The maximum atomic E-state index is 12.6. The summed E-state index contributed by atoms with van der Waals surface area (Å²) >= 11 is 0. The van der Waals surface area contributed by atoms with Crippen molar-refractivity contribution in [1.82, 2.24) is 4.90 Å². The molecule has 49 heavy (non-hydrogen) atoms. The van der Waals surface area contributed by atoms with Crippen LogP contribution in [0, 0.1) is 0 Å². The summed E-state index contributed by atoms with van der Waals surface area (Å²) in [5.74, 6) is -0.0932. The first-order valence-electron chi connectivity index (χ1n) is 17.1. The van der Waals surface area contributed by atoms with Crippen LogP contribution >= 0.6 is 0 Å². The molecule has 4 aromatic carbocycles. The van der Waals surface area contributed by atoms with Gasteiger partial charge in [-0.15, -0.1) is 0 Å². The third kappa shape index (κ3) is 11.3. The van der Waals surface area contributed by atoms with Crippen molar-refractivity contribution in [2.75, 3.05) is 30.0 Å². The van der Waals surface area contributed by atoms with Gasteiger partial charge in [0.15, 0.2) is 6.29 Å². The smallest absolute Gasteiger partial charge is 0.224 e. The van der Waals surface area contributed by atoms with Gasteiger partial charge in [0, 0.05) is 43.6 Å². The standard InChI is InChI=1S/C40H48N4O5/c1-44(26-29-11-5-4-6-12-29)27-34-25-37(31-19-17-30(28-45)18-20-31)49-40(48-34)32-21-23-33(24-22-32)42-38(46)15-7-2-3-8-16-39(47)43-36-14-10-9-13-35(36)41/h4-6,9-14,17-24,34,37,40,45H,2-3,7-8,15-16,25-28,41H2,1H3,(H,42,46)(H,43,47)/t34-,37+,40+/m0/s1. The molecule has 1 fully saturated rings. The fraction of sp³-hybridized carbons (Fsp3) is 0.350. The zero-order chi connectivity index (χ0) is 34.4. The number of nitrogens with zero attached hydrogens (tertiary/aromatic N) is 1. The fourth-order valence-corrected chi connectivity index (χ4v) is 6.04. The SMILES string of the molecule is CN(Cc1ccccc1)C[C@@H]1C[C@H](c2ccc(CO)cc2)O[C@H](c2ccc(NC(=O)CCCCCCC(=O)Nc3ccccc3N)cc2)O1. The third-order valence-electron chi connectivity index (χ3n) is 8.68. The fourth-order valence-electron chi connectivity index (χ4n) is 6.04. The number of likely N-dealkylation sites (N-methyl/N-ethyl adjacent to an activating group) is 1. The number of carbonyl (C=O) groups excluding carboxylic acids is 2. The Balaban J connectivity index is 1.09. The summed E-state index contributed by atoms with van der Waals surface area (Å²) in [7, 11) is 2.10. The van der Waals surface area contributed by atoms with Gasteiger partial charge in [-0.1, -0.05) is 91.7 Å². The van der Waals surface area contributed by atoms with Gasteiger partial charge in [-0.25, -0.2) is 0 Å². The minimum atomic E-state index is -0.566. The van der Waals surface area contributed by atoms with Crippen LogP contribution < -0.4 is 16.4 Å². The van der Waals surface area contributed by atoms with Crippen LogP contribution in [0.3, 0.4) is 0 Å². The number of aliphatic hydroxyl groups is 1. The Bertz CT molecular complexity index is 1610. The van der Waals surface area contributed by atoms with Gasteiger partial charge in [0.1, 0.15) is 0 Å². The predicted octanol–water partition coefficient (Wildman–Crippen LogP) is 7.36. The Morgan fingerprint density at radius 3 is 2.06 bits per heavy atom. The van der Waals surface area contributed by atoms with Gasteiger partial charge in [0.05, 0.1) is 30.2 Å². The van der Waals surface area contributed by atoms with E-state index in [0.29, 0.717) is 30.6 Å². The molecular weight excluding hydrogens is 616 g/mol. The lowest BCUT2D eigenvalue weighted by Crippen LogP contribution is -2.37. The first-order valence-corrected chi connectivity index (χ1v) is 17.1. The molecule has 1 saturated heterocycles. The summed E-state index contributed by atoms with van der Waals surface area (Å²) in [5.41, 5.74) is 11.8. The summed E-state index contributed by atoms with van der Waals surface area (Å²) in [6, 6.07) is 33.1. The third-order valence-corrected chi connectivity index (χ3v) is 8.68. The number of nitrogen functional groups attached to an aromatic ring is 1. The molecule has 5 N–H and O–H groups in total. The lowest BCUT2D eigenvalue weighted by Gasteiger charge is -2.38. The van der Waals surface area contributed by atoms with E-state index < -0.39 is 6.29 Å². The number of aliphatic hydroxyl groups excluding tert-OH is 1. The Morgan fingerprint density at radius 2 is 1.39 bits per heavy atom. The van der Waals surface area contributed by atoms with E-state index in [2.05, 4.69) is 46.8 Å². The van der Waals surface area contributed by atoms with Crippen LogP contribution in [0.1, 0.15) is 79.6 Å². The van der Waals surface area contributed by atoms with Gasteiger partial charge in [0.2, 0.25) is 11.8 Å². The number of hydrogen-bond donors (Lipinski definition) is 4. The molecule has 1 heterocycles. The number of carbonyl (C=O) groups is 2. The van der Waals surface area contributed by atoms with Crippen LogP contribution in [0.5, 0.6) is 0 Å². The topological polar surface area (TPSA) is 126 Å². The lowest BCUT2D eigenvalue weighted by molar-refractivity contribution is -0.252. The molecule has 0 unspecified atom stereocenters. The normalized spacial score (nSPS) is 17.5. The van der Waals surface area contributed by atoms with Crippen molar-refractivity contribution in [3.05, 3.63) is 125 Å². The van der Waals surface area contributed by atoms with Crippen LogP contribution in [-0.4, -0.2) is 41.5 Å². The highest BCUT2D eigenvalue weighted by molar-refractivity contribution is 5.93. The number of anilines is 3. The number of benzene rings is 4. The van der Waals surface area contributed by atoms with Gasteiger partial charge in [-0.3, -0.25) is 14.5 Å². The number of rotatable bonds is 16. The summed E-state index contributed by atoms with van der Waals surface area (Å²) in [5, 5.41) is 15.3. The second-order valence-electron chi connectivity index (χ2n) is 12.8. The molecular formula is C40H48N4O5. The lowest BCUT2D eigenvalue weighted by atomic mass is 9.99. The number of ether oxygens (including phenoxy) is 2. The molecule has 9 heteroatoms. The number of amides is 2. The largest absolute Gasteiger partial charge is 0.397 e. The highest BCUT2D eigenvalue weighted by Crippen LogP contribution is 2.38. The molecule has 2 amide bonds. The average Bonchev–Trinajstić information content (AvgIpc) is 3.11. The molecule has 0 saturated carbocycles. The number of hydrogen-bond acceptors (Lipinski definition) is 7. The molecule has 4 aromatic rings. The molecule has 5 rings (SSSR count). The minimum absolute atomic E-state index is 0.000456. The van der Waals surface area contributed by atoms with E-state index in [9.17, 15) is 14.7 Å². The monoisotopic (exact) mass is 664 g/mol. The van der Waals surface area contributed by atoms with Crippen molar-refractivity contribution in [1.29, 1.82) is 0 Å². The van der Waals surface area contributed by atoms with Gasteiger partial charge in [-0.05, 0) is 60.8 Å². The first-order chi connectivity index (χ1) is 23.9. The van der Waals surface area contributed by atoms with Gasteiger partial charge >= 0.3 is 0 Å². The Morgan fingerprint density at radius 1 is 0.755 bits per heavy atom. The average molecular weight is 665 g/mol. The summed E-state index contributed by atoms with van der Waals surface area (Å²) in [6.07, 6.45) is 3.99. The molecule has 9 nitrogen and oxygen atoms in total. The van der Waals surface area contributed by atoms with Crippen molar-refractivity contribution in [3.63, 3.8) is 0 Å². The van der Waals surface area contributed by atoms with E-state index in [1.165, 1.54) is 5.56 Å². The van der Waals surface area contributed by atoms with Crippen molar-refractivity contribution >= 4 is 28.9 Å². The zero-order valence-corrected chi connectivity index (χ0v) is 28.2. The molecule has 0 radical (unpaired) electrons. The van der Waals surface area contributed by atoms with Gasteiger partial charge < -0.3 is 30.9 Å². The van der Waals surface area contributed by atoms with E-state index >= 15 is 0 Å². The molecule has 0 bridgehead atoms. The van der Waals surface area contributed by atoms with E-state index in [0.717, 1.165) is 61.2 Å². The number of nitrogens with two attached hydrogens (primary N) is 1. The van der Waals surface area contributed by atoms with E-state index in [1.807, 2.05) is 66.7 Å². The predicted molar refractivity (Wildman–Crippen MR) is 193 cm³/mol. The van der Waals surface area contributed by atoms with Crippen molar-refractivity contribution < 1.29 is 24.2 Å². The van der Waals surface area contributed by atoms with Crippen LogP contribution in [0.25, 0.3) is 0 Å². The summed E-state index contributed by atoms with van der Waals surface area (Å²) in [6.45, 7) is 1.56. The van der Waals surface area contributed by atoms with Crippen LogP contribution in [0.15, 0.2) is 103 Å². The number of unbranched alkanes of at least 4 members (excludes halogenated alkanes) is 3. The molecule has 0 aromatic heterocycles. The van der Waals surface area contributed by atoms with Gasteiger partial charge in [-0.2, -0.15) is 0 Å². The zero-order valence-electron chi connectivity index (χ0n) is 28.2. The van der Waals surface area contributed by atoms with E-state index in [4.69, 9.17) is 15.2 Å². The molecule has 0 aliphatic carbocycles. The Hall–Kier alpha value is -4.54. The minimum Gasteiger partial charge on any atom is -0.397 e. The van der Waals surface area contributed by atoms with Crippen LogP contribution in [-0.2, 0) is 32.2 Å². The summed E-state index contributed by atoms with van der Waals surface area (Å²) in [4.78, 5) is 27.1. The van der Waals surface area contributed by atoms with Crippen LogP contribution in [0.2, 0.25) is 0 Å². The van der Waals surface area contributed by atoms with Crippen molar-refractivity contribution in [2.45, 2.75) is 76.6 Å². The highest BCUT2D eigenvalue weighted by atomic mass is 16.7. The molecule has 0 spiro atoms. The Kier molecular flexibility index (Phi) is 13.3. The number of nitrogens with one attached hydrogen (secondary N) is 2. The van der Waals surface area contributed by atoms with E-state index in [1.54, 1.807) is 12.1 Å². The maximum absolute atomic E-state index is 12.6. The van der Waals surface area contributed by atoms with Crippen LogP contribution in [0.4, 0.5) is 17.1 Å². The molecule has 258 valence electrons. The molecule has 3 atom stereocenters. The second kappa shape index (κ2) is 18.3. The van der Waals surface area contributed by atoms with Crippen molar-refractivity contribution in [3.8, 4) is 0 Å². The first kappa shape index (κ1) is 35.8. The highest BCUT2D eigenvalue weighted by Gasteiger charge is 2.32. The second-order valence-corrected chi connectivity index (χ2v) is 12.8.